The van der Waals surface area contributed by atoms with Gasteiger partial charge in [-0.25, -0.2) is 4.98 Å². The van der Waals surface area contributed by atoms with Crippen LogP contribution in [0, 0.1) is 5.41 Å². The van der Waals surface area contributed by atoms with E-state index in [0.29, 0.717) is 23.1 Å². The zero-order valence-electron chi connectivity index (χ0n) is 10.7. The first-order chi connectivity index (χ1) is 8.08. The summed E-state index contributed by atoms with van der Waals surface area (Å²) in [6.07, 6.45) is 2.73. The van der Waals surface area contributed by atoms with E-state index in [4.69, 9.17) is 11.1 Å². The highest BCUT2D eigenvalue weighted by Gasteiger charge is 2.08. The normalized spacial score (nSPS) is 12.2. The summed E-state index contributed by atoms with van der Waals surface area (Å²) in [6, 6.07) is 2.23. The first-order valence-electron chi connectivity index (χ1n) is 5.80. The predicted molar refractivity (Wildman–Crippen MR) is 72.8 cm³/mol. The van der Waals surface area contributed by atoms with E-state index in [1.807, 2.05) is 13.1 Å². The number of likely N-dealkylation sites (N-methyl/N-ethyl adjacent to an activating group) is 1. The van der Waals surface area contributed by atoms with Crippen molar-refractivity contribution in [2.45, 2.75) is 26.3 Å². The van der Waals surface area contributed by atoms with Crippen molar-refractivity contribution in [2.75, 3.05) is 24.6 Å². The van der Waals surface area contributed by atoms with E-state index >= 15 is 0 Å². The van der Waals surface area contributed by atoms with Crippen molar-refractivity contribution in [3.05, 3.63) is 17.8 Å². The van der Waals surface area contributed by atoms with Crippen LogP contribution in [0.15, 0.2) is 12.3 Å². The molecule has 0 aliphatic rings. The molecule has 0 aromatic carbocycles. The molecule has 17 heavy (non-hydrogen) atoms. The summed E-state index contributed by atoms with van der Waals surface area (Å²) in [6.45, 7) is 4.73. The third kappa shape index (κ3) is 3.71. The van der Waals surface area contributed by atoms with Gasteiger partial charge >= 0.3 is 0 Å². The second-order valence-corrected chi connectivity index (χ2v) is 4.09. The van der Waals surface area contributed by atoms with Crippen LogP contribution in [0.2, 0.25) is 0 Å². The quantitative estimate of drug-likeness (QED) is 0.562. The Morgan fingerprint density at radius 1 is 1.59 bits per heavy atom. The van der Waals surface area contributed by atoms with E-state index in [-0.39, 0.29) is 0 Å². The number of pyridine rings is 1. The minimum atomic E-state index is 0.351. The number of nitrogens with zero attached hydrogens (tertiary/aromatic N) is 1. The minimum absolute atomic E-state index is 0.351. The Morgan fingerprint density at radius 2 is 2.29 bits per heavy atom. The lowest BCUT2D eigenvalue weighted by Gasteiger charge is -2.18. The van der Waals surface area contributed by atoms with Crippen LogP contribution in [-0.4, -0.2) is 30.3 Å². The molecule has 1 heterocycles. The molecule has 0 spiro atoms. The Morgan fingerprint density at radius 3 is 2.82 bits per heavy atom. The fraction of sp³-hybridized carbons (Fsp3) is 0.500. The van der Waals surface area contributed by atoms with E-state index in [9.17, 15) is 0 Å². The highest BCUT2D eigenvalue weighted by Crippen LogP contribution is 2.16. The van der Waals surface area contributed by atoms with Gasteiger partial charge in [0.1, 0.15) is 5.82 Å². The summed E-state index contributed by atoms with van der Waals surface area (Å²) < 4.78 is 0. The molecule has 0 fully saturated rings. The van der Waals surface area contributed by atoms with Gasteiger partial charge in [0.05, 0.1) is 11.9 Å². The number of hydrogen-bond acceptors (Lipinski definition) is 5. The molecule has 0 amide bonds. The number of aromatic nitrogens is 1. The Kier molecular flexibility index (Phi) is 4.90. The zero-order valence-corrected chi connectivity index (χ0v) is 10.7. The van der Waals surface area contributed by atoms with Crippen molar-refractivity contribution >= 4 is 17.2 Å². The monoisotopic (exact) mass is 235 g/mol. The van der Waals surface area contributed by atoms with Crippen LogP contribution in [0.4, 0.5) is 11.5 Å². The van der Waals surface area contributed by atoms with Crippen molar-refractivity contribution in [1.82, 2.24) is 10.3 Å². The summed E-state index contributed by atoms with van der Waals surface area (Å²) >= 11 is 0. The fourth-order valence-corrected chi connectivity index (χ4v) is 1.63. The smallest absolute Gasteiger partial charge is 0.132 e. The van der Waals surface area contributed by atoms with Crippen molar-refractivity contribution in [3.8, 4) is 0 Å². The third-order valence-corrected chi connectivity index (χ3v) is 2.64. The number of rotatable bonds is 6. The molecule has 0 saturated heterocycles. The lowest BCUT2D eigenvalue weighted by Crippen LogP contribution is -2.30. The molecule has 1 unspecified atom stereocenters. The van der Waals surface area contributed by atoms with Crippen LogP contribution in [0.3, 0.4) is 0 Å². The van der Waals surface area contributed by atoms with Crippen molar-refractivity contribution in [1.29, 1.82) is 5.41 Å². The van der Waals surface area contributed by atoms with Crippen LogP contribution in [0.25, 0.3) is 0 Å². The minimum Gasteiger partial charge on any atom is -0.383 e. The van der Waals surface area contributed by atoms with Gasteiger partial charge in [-0.2, -0.15) is 0 Å². The Hall–Kier alpha value is -1.62. The maximum atomic E-state index is 7.62. The van der Waals surface area contributed by atoms with Gasteiger partial charge in [-0.15, -0.1) is 0 Å². The number of nitrogens with one attached hydrogen (secondary N) is 3. The lowest BCUT2D eigenvalue weighted by molar-refractivity contribution is 0.636. The molecule has 1 rings (SSSR count). The molecule has 0 aliphatic heterocycles. The van der Waals surface area contributed by atoms with Crippen LogP contribution in [-0.2, 0) is 0 Å². The van der Waals surface area contributed by atoms with Crippen LogP contribution < -0.4 is 16.4 Å². The van der Waals surface area contributed by atoms with Gasteiger partial charge in [0.25, 0.3) is 0 Å². The van der Waals surface area contributed by atoms with E-state index in [1.165, 1.54) is 0 Å². The molecule has 94 valence electrons. The largest absolute Gasteiger partial charge is 0.383 e. The maximum absolute atomic E-state index is 7.62. The van der Waals surface area contributed by atoms with Crippen LogP contribution in [0.1, 0.15) is 25.8 Å². The van der Waals surface area contributed by atoms with E-state index in [0.717, 1.165) is 18.7 Å². The number of anilines is 2. The summed E-state index contributed by atoms with van der Waals surface area (Å²) in [4.78, 5) is 4.10. The molecule has 0 bridgehead atoms. The highest BCUT2D eigenvalue weighted by molar-refractivity contribution is 6.00. The van der Waals surface area contributed by atoms with Crippen molar-refractivity contribution in [3.63, 3.8) is 0 Å². The number of nitrogen functional groups attached to an aromatic ring is 1. The topological polar surface area (TPSA) is 86.8 Å². The van der Waals surface area contributed by atoms with Gasteiger partial charge < -0.3 is 21.8 Å². The molecule has 0 radical (unpaired) electrons. The second kappa shape index (κ2) is 6.20. The Labute approximate surface area is 102 Å². The average Bonchev–Trinajstić information content (AvgIpc) is 2.30. The van der Waals surface area contributed by atoms with Gasteiger partial charge in [-0.1, -0.05) is 6.92 Å². The van der Waals surface area contributed by atoms with E-state index in [2.05, 4.69) is 22.5 Å². The van der Waals surface area contributed by atoms with Gasteiger partial charge in [0, 0.05) is 23.9 Å². The van der Waals surface area contributed by atoms with Gasteiger partial charge in [0.15, 0.2) is 0 Å². The predicted octanol–water partition coefficient (Wildman–Crippen LogP) is 1.46. The summed E-state index contributed by atoms with van der Waals surface area (Å²) in [7, 11) is 1.93. The Balaban J connectivity index is 2.84. The molecule has 0 aliphatic carbocycles. The summed E-state index contributed by atoms with van der Waals surface area (Å²) in [5, 5.41) is 14.1. The van der Waals surface area contributed by atoms with Gasteiger partial charge in [0.2, 0.25) is 0 Å². The molecule has 0 saturated carbocycles. The molecular formula is C12H21N5. The van der Waals surface area contributed by atoms with Crippen molar-refractivity contribution < 1.29 is 0 Å². The molecule has 1 atom stereocenters. The summed E-state index contributed by atoms with van der Waals surface area (Å²) in [5.41, 5.74) is 7.75. The van der Waals surface area contributed by atoms with Crippen molar-refractivity contribution in [2.24, 2.45) is 0 Å². The van der Waals surface area contributed by atoms with Gasteiger partial charge in [-0.3, -0.25) is 0 Å². The fourth-order valence-electron chi connectivity index (χ4n) is 1.63. The van der Waals surface area contributed by atoms with Crippen LogP contribution >= 0.6 is 0 Å². The third-order valence-electron chi connectivity index (χ3n) is 2.64. The lowest BCUT2D eigenvalue weighted by atomic mass is 10.1. The number of nitrogens with two attached hydrogens (primary N) is 1. The first-order valence-corrected chi connectivity index (χ1v) is 5.80. The maximum Gasteiger partial charge on any atom is 0.132 e. The van der Waals surface area contributed by atoms with E-state index < -0.39 is 0 Å². The first kappa shape index (κ1) is 13.4. The molecule has 1 aromatic heterocycles. The molecule has 1 aromatic rings. The standard InChI is InChI=1S/C12H21N5/c1-4-9(6-15-3)17-10-5-11(8(2)13)12(14)16-7-10/h5,7,9,13,15,17H,4,6H2,1-3H3,(H2,14,16). The number of hydrogen-bond donors (Lipinski definition) is 4. The van der Waals surface area contributed by atoms with E-state index in [1.54, 1.807) is 13.1 Å². The Bertz CT molecular complexity index is 388. The SMILES string of the molecule is CCC(CNC)Nc1cnc(N)c(C(C)=N)c1. The zero-order chi connectivity index (χ0) is 12.8. The molecular weight excluding hydrogens is 214 g/mol. The molecule has 5 nitrogen and oxygen atoms in total. The summed E-state index contributed by atoms with van der Waals surface area (Å²) in [5.74, 6) is 0.407. The van der Waals surface area contributed by atoms with Gasteiger partial charge in [-0.05, 0) is 26.5 Å². The van der Waals surface area contributed by atoms with Crippen LogP contribution in [0.5, 0.6) is 0 Å². The molecule has 5 N–H and O–H groups in total. The molecule has 5 heteroatoms. The highest BCUT2D eigenvalue weighted by atomic mass is 15.0. The second-order valence-electron chi connectivity index (χ2n) is 4.09. The average molecular weight is 235 g/mol.